The number of hydrogen-bond donors (Lipinski definition) is 2. The van der Waals surface area contributed by atoms with E-state index >= 15 is 0 Å². The van der Waals surface area contributed by atoms with E-state index in [-0.39, 0.29) is 28.6 Å². The number of aromatic nitrogens is 2. The number of nitrogens with zero attached hydrogens (tertiary/aromatic N) is 4. The molecule has 1 heterocycles. The number of amides is 1. The van der Waals surface area contributed by atoms with Crippen molar-refractivity contribution in [3.63, 3.8) is 0 Å². The molecule has 2 rings (SSSR count). The highest BCUT2D eigenvalue weighted by Crippen LogP contribution is 2.39. The Bertz CT molecular complexity index is 891. The number of benzene rings is 1. The molecule has 0 atom stereocenters. The highest BCUT2D eigenvalue weighted by molar-refractivity contribution is 5.97. The zero-order valence-corrected chi connectivity index (χ0v) is 13.5. The minimum absolute atomic E-state index is 0.0192. The number of ether oxygens (including phenoxy) is 2. The molecule has 0 bridgehead atoms. The molecule has 0 saturated heterocycles. The molecule has 3 N–H and O–H groups in total. The van der Waals surface area contributed by atoms with Gasteiger partial charge in [-0.1, -0.05) is 0 Å². The van der Waals surface area contributed by atoms with Crippen LogP contribution in [0.4, 0.5) is 11.5 Å². The maximum atomic E-state index is 11.8. The summed E-state index contributed by atoms with van der Waals surface area (Å²) in [5.41, 5.74) is 6.60. The van der Waals surface area contributed by atoms with Crippen molar-refractivity contribution in [1.29, 1.82) is 0 Å². The molecular weight excluding hydrogens is 352 g/mol. The zero-order valence-electron chi connectivity index (χ0n) is 13.5. The molecule has 1 aromatic carbocycles. The van der Waals surface area contributed by atoms with Gasteiger partial charge in [0.2, 0.25) is 17.3 Å². The average Bonchev–Trinajstić information content (AvgIpc) is 3.00. The van der Waals surface area contributed by atoms with E-state index in [2.05, 4.69) is 25.5 Å². The number of nitro benzene ring substituents is 1. The normalized spacial score (nSPS) is 10.5. The lowest BCUT2D eigenvalue weighted by Crippen LogP contribution is -2.19. The molecule has 1 aromatic heterocycles. The Hall–Kier alpha value is -4.03. The van der Waals surface area contributed by atoms with Crippen LogP contribution >= 0.6 is 0 Å². The van der Waals surface area contributed by atoms with E-state index < -0.39 is 22.5 Å². The van der Waals surface area contributed by atoms with Crippen LogP contribution in [0.5, 0.6) is 11.5 Å². The molecule has 0 radical (unpaired) electrons. The van der Waals surface area contributed by atoms with Crippen LogP contribution < -0.4 is 20.6 Å². The predicted octanol–water partition coefficient (Wildman–Crippen LogP) is 0.258. The number of nitro groups is 1. The number of carbonyl (C=O) groups is 2. The van der Waals surface area contributed by atoms with E-state index in [0.29, 0.717) is 0 Å². The highest BCUT2D eigenvalue weighted by atomic mass is 16.6. The summed E-state index contributed by atoms with van der Waals surface area (Å²) in [6, 6.07) is 2.55. The molecule has 26 heavy (non-hydrogen) atoms. The Morgan fingerprint density at radius 1 is 1.42 bits per heavy atom. The summed E-state index contributed by atoms with van der Waals surface area (Å²) in [5.74, 6) is -2.15. The second-order valence-corrected chi connectivity index (χ2v) is 4.58. The number of nitrogens with two attached hydrogens (primary N) is 1. The number of anilines is 1. The first kappa shape index (κ1) is 18.3. The van der Waals surface area contributed by atoms with Crippen LogP contribution in [-0.4, -0.2) is 40.4 Å². The molecule has 0 spiro atoms. The zero-order chi connectivity index (χ0) is 19.3. The van der Waals surface area contributed by atoms with Gasteiger partial charge in [-0.05, 0) is 22.4 Å². The van der Waals surface area contributed by atoms with Gasteiger partial charge < -0.3 is 15.2 Å². The average molecular weight is 364 g/mol. The third-order valence-electron chi connectivity index (χ3n) is 2.87. The lowest BCUT2D eigenvalue weighted by molar-refractivity contribution is -0.385. The van der Waals surface area contributed by atoms with Crippen molar-refractivity contribution < 1.29 is 28.6 Å². The van der Waals surface area contributed by atoms with E-state index in [1.807, 2.05) is 0 Å². The fourth-order valence-corrected chi connectivity index (χ4v) is 1.86. The summed E-state index contributed by atoms with van der Waals surface area (Å²) in [6.45, 7) is 1.14. The van der Waals surface area contributed by atoms with Crippen molar-refractivity contribution >= 4 is 29.6 Å². The van der Waals surface area contributed by atoms with Crippen molar-refractivity contribution in [3.05, 3.63) is 33.5 Å². The lowest BCUT2D eigenvalue weighted by Gasteiger charge is -2.09. The van der Waals surface area contributed by atoms with E-state index in [0.717, 1.165) is 13.1 Å². The van der Waals surface area contributed by atoms with E-state index in [4.69, 9.17) is 15.2 Å². The van der Waals surface area contributed by atoms with Gasteiger partial charge in [-0.2, -0.15) is 5.10 Å². The van der Waals surface area contributed by atoms with Gasteiger partial charge in [0.15, 0.2) is 5.75 Å². The van der Waals surface area contributed by atoms with Crippen LogP contribution in [0.25, 0.3) is 0 Å². The first-order chi connectivity index (χ1) is 12.3. The molecule has 0 aliphatic heterocycles. The van der Waals surface area contributed by atoms with Crippen LogP contribution in [0.1, 0.15) is 23.0 Å². The lowest BCUT2D eigenvalue weighted by atomic mass is 10.1. The fourth-order valence-electron chi connectivity index (χ4n) is 1.86. The highest BCUT2D eigenvalue weighted by Gasteiger charge is 2.25. The molecule has 0 aliphatic rings. The number of methoxy groups -OCH3 is 1. The quantitative estimate of drug-likeness (QED) is 0.237. The minimum Gasteiger partial charge on any atom is -0.488 e. The van der Waals surface area contributed by atoms with Gasteiger partial charge in [0.05, 0.1) is 23.8 Å². The fraction of sp³-hybridized carbons (Fsp3) is 0.154. The number of rotatable bonds is 6. The van der Waals surface area contributed by atoms with Crippen LogP contribution in [-0.2, 0) is 4.79 Å². The SMILES string of the molecule is COc1c(OC(C)=O)ccc(/C=N\NC(=O)c2nonc2N)c1[N+](=O)[O-]. The second-order valence-electron chi connectivity index (χ2n) is 4.58. The Morgan fingerprint density at radius 3 is 2.69 bits per heavy atom. The summed E-state index contributed by atoms with van der Waals surface area (Å²) < 4.78 is 14.1. The van der Waals surface area contributed by atoms with E-state index in [1.165, 1.54) is 19.2 Å². The Labute approximate surface area is 144 Å². The van der Waals surface area contributed by atoms with E-state index in [1.54, 1.807) is 0 Å². The summed E-state index contributed by atoms with van der Waals surface area (Å²) in [7, 11) is 1.18. The third kappa shape index (κ3) is 3.89. The second kappa shape index (κ2) is 7.69. The van der Waals surface area contributed by atoms with Crippen molar-refractivity contribution in [2.75, 3.05) is 12.8 Å². The van der Waals surface area contributed by atoms with Crippen molar-refractivity contribution in [2.24, 2.45) is 5.10 Å². The predicted molar refractivity (Wildman–Crippen MR) is 84.7 cm³/mol. The van der Waals surface area contributed by atoms with Crippen molar-refractivity contribution in [3.8, 4) is 11.5 Å². The molecule has 1 amide bonds. The molecule has 0 saturated carbocycles. The largest absolute Gasteiger partial charge is 0.488 e. The smallest absolute Gasteiger partial charge is 0.323 e. The summed E-state index contributed by atoms with van der Waals surface area (Å²) >= 11 is 0. The third-order valence-corrected chi connectivity index (χ3v) is 2.87. The Morgan fingerprint density at radius 2 is 2.15 bits per heavy atom. The van der Waals surface area contributed by atoms with Crippen LogP contribution in [0.3, 0.4) is 0 Å². The molecule has 13 heteroatoms. The monoisotopic (exact) mass is 364 g/mol. The molecule has 0 aliphatic carbocycles. The van der Waals surface area contributed by atoms with Crippen molar-refractivity contribution in [2.45, 2.75) is 6.92 Å². The first-order valence-corrected chi connectivity index (χ1v) is 6.80. The molecule has 136 valence electrons. The topological polar surface area (TPSA) is 185 Å². The number of hydrogen-bond acceptors (Lipinski definition) is 11. The molecule has 2 aromatic rings. The number of esters is 1. The number of carbonyl (C=O) groups excluding carboxylic acids is 2. The standard InChI is InChI=1S/C13H12N6O7/c1-6(20)25-8-4-3-7(10(19(22)23)11(8)24-2)5-15-16-13(21)9-12(14)18-26-17-9/h3-5H,1-2H3,(H2,14,18)(H,16,21)/b15-5-. The molecular formula is C13H12N6O7. The van der Waals surface area contributed by atoms with Crippen LogP contribution in [0.2, 0.25) is 0 Å². The van der Waals surface area contributed by atoms with Gasteiger partial charge in [-0.25, -0.2) is 10.1 Å². The van der Waals surface area contributed by atoms with Crippen molar-refractivity contribution in [1.82, 2.24) is 15.7 Å². The number of nitrogens with one attached hydrogen (secondary N) is 1. The van der Waals surface area contributed by atoms with Gasteiger partial charge in [0.25, 0.3) is 5.91 Å². The van der Waals surface area contributed by atoms with Gasteiger partial charge in [-0.3, -0.25) is 19.7 Å². The van der Waals surface area contributed by atoms with Gasteiger partial charge in [0.1, 0.15) is 0 Å². The summed E-state index contributed by atoms with van der Waals surface area (Å²) in [5, 5.41) is 21.5. The first-order valence-electron chi connectivity index (χ1n) is 6.80. The number of nitrogen functional groups attached to an aromatic ring is 1. The van der Waals surface area contributed by atoms with E-state index in [9.17, 15) is 19.7 Å². The maximum Gasteiger partial charge on any atom is 0.323 e. The van der Waals surface area contributed by atoms with Gasteiger partial charge >= 0.3 is 11.7 Å². The Balaban J connectivity index is 2.31. The van der Waals surface area contributed by atoms with Gasteiger partial charge in [0, 0.05) is 6.92 Å². The van der Waals surface area contributed by atoms with Crippen LogP contribution in [0.15, 0.2) is 21.9 Å². The molecule has 0 unspecified atom stereocenters. The Kier molecular flexibility index (Phi) is 5.42. The molecule has 0 fully saturated rings. The summed E-state index contributed by atoms with van der Waals surface area (Å²) in [6.07, 6.45) is 1.000. The maximum absolute atomic E-state index is 11.8. The minimum atomic E-state index is -0.828. The summed E-state index contributed by atoms with van der Waals surface area (Å²) in [4.78, 5) is 33.5. The van der Waals surface area contributed by atoms with Crippen LogP contribution in [0, 0.1) is 10.1 Å². The van der Waals surface area contributed by atoms with Gasteiger partial charge in [-0.15, -0.1) is 0 Å². The molecule has 13 nitrogen and oxygen atoms in total. The number of hydrazone groups is 1.